The Kier molecular flexibility index (Phi) is 9.02. The number of piperidine rings is 1. The minimum Gasteiger partial charge on any atom is -0.491 e. The lowest BCUT2D eigenvalue weighted by molar-refractivity contribution is -0.139. The molecule has 3 heterocycles. The molecule has 0 saturated carbocycles. The highest BCUT2D eigenvalue weighted by atomic mass is 19.4. The largest absolute Gasteiger partial charge is 0.491 e. The first-order chi connectivity index (χ1) is 20.1. The number of carbonyl (C=O) groups is 3. The van der Waals surface area contributed by atoms with Crippen LogP contribution in [0, 0.1) is 0 Å². The summed E-state index contributed by atoms with van der Waals surface area (Å²) >= 11 is 0. The Morgan fingerprint density at radius 2 is 1.69 bits per heavy atom. The van der Waals surface area contributed by atoms with Gasteiger partial charge in [-0.2, -0.15) is 13.2 Å². The van der Waals surface area contributed by atoms with Crippen LogP contribution in [0.25, 0.3) is 0 Å². The SMILES string of the molecule is CN1CCC(N2CCNC(=O)c3cc(C(F)(F)F)ccc3OC[C@@H]3CN(C(=O)c4ccccc4)CCN3C(=O)C2)CC1. The molecule has 0 radical (unpaired) electrons. The average molecular weight is 588 g/mol. The van der Waals surface area contributed by atoms with Crippen molar-refractivity contribution in [2.24, 2.45) is 0 Å². The van der Waals surface area contributed by atoms with Crippen LogP contribution in [0.4, 0.5) is 13.2 Å². The van der Waals surface area contributed by atoms with Crippen LogP contribution in [0.3, 0.4) is 0 Å². The number of piperazine rings is 1. The molecular formula is C30H36F3N5O4. The zero-order valence-corrected chi connectivity index (χ0v) is 23.6. The van der Waals surface area contributed by atoms with Crippen molar-refractivity contribution in [1.29, 1.82) is 0 Å². The molecule has 1 atom stereocenters. The van der Waals surface area contributed by atoms with Crippen LogP contribution in [0.5, 0.6) is 5.75 Å². The van der Waals surface area contributed by atoms with E-state index in [4.69, 9.17) is 4.74 Å². The number of ether oxygens (including phenoxy) is 1. The average Bonchev–Trinajstić information content (AvgIpc) is 2.99. The maximum atomic E-state index is 13.8. The smallest absolute Gasteiger partial charge is 0.416 e. The third kappa shape index (κ3) is 6.87. The molecule has 12 heteroatoms. The van der Waals surface area contributed by atoms with Gasteiger partial charge in [0.05, 0.1) is 23.7 Å². The van der Waals surface area contributed by atoms with E-state index in [1.54, 1.807) is 34.1 Å². The summed E-state index contributed by atoms with van der Waals surface area (Å²) in [4.78, 5) is 47.9. The molecule has 5 rings (SSSR count). The van der Waals surface area contributed by atoms with Crippen molar-refractivity contribution in [3.05, 3.63) is 65.2 Å². The van der Waals surface area contributed by atoms with Crippen LogP contribution in [-0.4, -0.2) is 115 Å². The number of amides is 3. The number of halogens is 3. The molecule has 42 heavy (non-hydrogen) atoms. The van der Waals surface area contributed by atoms with Crippen molar-refractivity contribution in [2.75, 3.05) is 66.0 Å². The number of benzene rings is 2. The molecule has 0 aliphatic carbocycles. The Morgan fingerprint density at radius 3 is 2.40 bits per heavy atom. The number of nitrogens with zero attached hydrogens (tertiary/aromatic N) is 4. The first kappa shape index (κ1) is 29.8. The molecule has 9 nitrogen and oxygen atoms in total. The van der Waals surface area contributed by atoms with Crippen molar-refractivity contribution in [2.45, 2.75) is 31.1 Å². The second kappa shape index (κ2) is 12.7. The minimum atomic E-state index is -4.63. The van der Waals surface area contributed by atoms with E-state index < -0.39 is 23.7 Å². The van der Waals surface area contributed by atoms with Crippen LogP contribution in [0.15, 0.2) is 48.5 Å². The monoisotopic (exact) mass is 587 g/mol. The fraction of sp³-hybridized carbons (Fsp3) is 0.500. The zero-order chi connectivity index (χ0) is 29.9. The predicted octanol–water partition coefficient (Wildman–Crippen LogP) is 2.58. The van der Waals surface area contributed by atoms with Crippen molar-refractivity contribution in [3.63, 3.8) is 0 Å². The summed E-state index contributed by atoms with van der Waals surface area (Å²) in [6.45, 7) is 3.17. The molecule has 2 aromatic rings. The highest BCUT2D eigenvalue weighted by molar-refractivity contribution is 5.97. The number of likely N-dealkylation sites (tertiary alicyclic amines) is 1. The highest BCUT2D eigenvalue weighted by Gasteiger charge is 2.36. The fourth-order valence-electron chi connectivity index (χ4n) is 5.89. The van der Waals surface area contributed by atoms with Gasteiger partial charge in [0.2, 0.25) is 5.91 Å². The molecule has 3 aliphatic heterocycles. The van der Waals surface area contributed by atoms with E-state index >= 15 is 0 Å². The number of alkyl halides is 3. The molecule has 2 aromatic carbocycles. The maximum absolute atomic E-state index is 13.8. The Labute approximate surface area is 243 Å². The van der Waals surface area contributed by atoms with Gasteiger partial charge in [-0.05, 0) is 63.3 Å². The Morgan fingerprint density at radius 1 is 0.952 bits per heavy atom. The number of carbonyl (C=O) groups excluding carboxylic acids is 3. The molecular weight excluding hydrogens is 551 g/mol. The zero-order valence-electron chi connectivity index (χ0n) is 23.6. The molecule has 2 fully saturated rings. The molecule has 0 bridgehead atoms. The Bertz CT molecular complexity index is 1280. The summed E-state index contributed by atoms with van der Waals surface area (Å²) in [6.07, 6.45) is -2.91. The third-order valence-electron chi connectivity index (χ3n) is 8.32. The molecule has 1 N–H and O–H groups in total. The summed E-state index contributed by atoms with van der Waals surface area (Å²) < 4.78 is 46.6. The number of rotatable bonds is 2. The van der Waals surface area contributed by atoms with Crippen molar-refractivity contribution in [1.82, 2.24) is 24.9 Å². The minimum absolute atomic E-state index is 0.00849. The predicted molar refractivity (Wildman–Crippen MR) is 149 cm³/mol. The Hall–Kier alpha value is -3.64. The standard InChI is InChI=1S/C30H36F3N5O4/c1-35-12-9-23(10-13-35)36-14-11-34-28(40)25-17-22(30(31,32)33)7-8-26(25)42-20-24-18-37(15-16-38(24)27(39)19-36)29(41)21-5-3-2-4-6-21/h2-8,17,23-24H,9-16,18-20H2,1H3,(H,34,40)/t24-/m0/s1. The lowest BCUT2D eigenvalue weighted by Crippen LogP contribution is -2.60. The van der Waals surface area contributed by atoms with Gasteiger partial charge in [-0.15, -0.1) is 0 Å². The van der Waals surface area contributed by atoms with Crippen LogP contribution in [0.2, 0.25) is 0 Å². The maximum Gasteiger partial charge on any atom is 0.416 e. The molecule has 226 valence electrons. The van der Waals surface area contributed by atoms with Gasteiger partial charge in [-0.25, -0.2) is 0 Å². The molecule has 0 aromatic heterocycles. The second-order valence-electron chi connectivity index (χ2n) is 11.1. The van der Waals surface area contributed by atoms with E-state index in [-0.39, 0.29) is 55.4 Å². The lowest BCUT2D eigenvalue weighted by Gasteiger charge is -2.43. The third-order valence-corrected chi connectivity index (χ3v) is 8.32. The first-order valence-electron chi connectivity index (χ1n) is 14.3. The molecule has 0 unspecified atom stereocenters. The van der Waals surface area contributed by atoms with Gasteiger partial charge >= 0.3 is 6.18 Å². The van der Waals surface area contributed by atoms with Crippen LogP contribution < -0.4 is 10.1 Å². The number of hydrogen-bond acceptors (Lipinski definition) is 6. The van der Waals surface area contributed by atoms with Crippen molar-refractivity contribution >= 4 is 17.7 Å². The fourth-order valence-corrected chi connectivity index (χ4v) is 5.89. The van der Waals surface area contributed by atoms with Gasteiger partial charge < -0.3 is 24.8 Å². The number of fused-ring (bicyclic) bond motifs is 2. The normalized spacial score (nSPS) is 22.1. The van der Waals surface area contributed by atoms with Gasteiger partial charge in [0.25, 0.3) is 11.8 Å². The van der Waals surface area contributed by atoms with E-state index in [2.05, 4.69) is 22.2 Å². The first-order valence-corrected chi connectivity index (χ1v) is 14.3. The van der Waals surface area contributed by atoms with Crippen molar-refractivity contribution < 1.29 is 32.3 Å². The number of hydrogen-bond donors (Lipinski definition) is 1. The number of nitrogens with one attached hydrogen (secondary N) is 1. The quantitative estimate of drug-likeness (QED) is 0.582. The molecule has 0 spiro atoms. The summed E-state index contributed by atoms with van der Waals surface area (Å²) in [6, 6.07) is 11.2. The van der Waals surface area contributed by atoms with Gasteiger partial charge in [-0.3, -0.25) is 19.3 Å². The summed E-state index contributed by atoms with van der Waals surface area (Å²) in [5, 5.41) is 2.74. The summed E-state index contributed by atoms with van der Waals surface area (Å²) in [7, 11) is 2.05. The summed E-state index contributed by atoms with van der Waals surface area (Å²) in [5.74, 6) is -0.960. The van der Waals surface area contributed by atoms with Gasteiger partial charge in [-0.1, -0.05) is 18.2 Å². The van der Waals surface area contributed by atoms with E-state index in [1.165, 1.54) is 0 Å². The van der Waals surface area contributed by atoms with E-state index in [9.17, 15) is 27.6 Å². The Balaban J connectivity index is 1.44. The van der Waals surface area contributed by atoms with Gasteiger partial charge in [0.1, 0.15) is 12.4 Å². The van der Waals surface area contributed by atoms with E-state index in [0.717, 1.165) is 44.1 Å². The molecule has 3 amide bonds. The van der Waals surface area contributed by atoms with Crippen LogP contribution in [0.1, 0.15) is 39.1 Å². The lowest BCUT2D eigenvalue weighted by atomic mass is 10.0. The van der Waals surface area contributed by atoms with Gasteiger partial charge in [0, 0.05) is 44.3 Å². The molecule has 2 saturated heterocycles. The summed E-state index contributed by atoms with van der Waals surface area (Å²) in [5.41, 5.74) is -0.648. The topological polar surface area (TPSA) is 85.4 Å². The van der Waals surface area contributed by atoms with Crippen LogP contribution in [-0.2, 0) is 11.0 Å². The van der Waals surface area contributed by atoms with Crippen molar-refractivity contribution in [3.8, 4) is 5.75 Å². The van der Waals surface area contributed by atoms with Crippen LogP contribution >= 0.6 is 0 Å². The van der Waals surface area contributed by atoms with E-state index in [1.807, 2.05) is 6.07 Å². The van der Waals surface area contributed by atoms with E-state index in [0.29, 0.717) is 25.2 Å². The highest BCUT2D eigenvalue weighted by Crippen LogP contribution is 2.33. The van der Waals surface area contributed by atoms with Gasteiger partial charge in [0.15, 0.2) is 0 Å². The molecule has 3 aliphatic rings. The second-order valence-corrected chi connectivity index (χ2v) is 11.1.